The van der Waals surface area contributed by atoms with Crippen molar-refractivity contribution in [3.05, 3.63) is 35.4 Å². The zero-order valence-corrected chi connectivity index (χ0v) is 13.5. The predicted molar refractivity (Wildman–Crippen MR) is 86.4 cm³/mol. The Morgan fingerprint density at radius 2 is 2.19 bits per heavy atom. The van der Waals surface area contributed by atoms with Crippen LogP contribution in [0.25, 0.3) is 0 Å². The SMILES string of the molecule is COCc1cccc(CNC(=O)[C@H]2CCN[C@@H](C)C2)c1.Cl. The molecule has 2 atom stereocenters. The molecule has 1 aliphatic rings. The molecule has 0 aliphatic carbocycles. The van der Waals surface area contributed by atoms with Gasteiger partial charge in [0.25, 0.3) is 0 Å². The molecule has 2 N–H and O–H groups in total. The van der Waals surface area contributed by atoms with Gasteiger partial charge in [0.05, 0.1) is 6.61 Å². The number of hydrogen-bond donors (Lipinski definition) is 2. The normalized spacial score (nSPS) is 21.4. The maximum absolute atomic E-state index is 12.2. The first kappa shape index (κ1) is 18.0. The number of amides is 1. The molecule has 1 fully saturated rings. The van der Waals surface area contributed by atoms with E-state index >= 15 is 0 Å². The van der Waals surface area contributed by atoms with Gasteiger partial charge in [-0.05, 0) is 37.4 Å². The molecule has 0 bridgehead atoms. The molecule has 2 rings (SSSR count). The van der Waals surface area contributed by atoms with Gasteiger partial charge >= 0.3 is 0 Å². The number of carbonyl (C=O) groups excluding carboxylic acids is 1. The number of hydrogen-bond acceptors (Lipinski definition) is 3. The second kappa shape index (κ2) is 9.03. The molecular formula is C16H25ClN2O2. The molecule has 0 unspecified atom stereocenters. The fourth-order valence-corrected chi connectivity index (χ4v) is 2.70. The molecule has 0 aromatic heterocycles. The van der Waals surface area contributed by atoms with Crippen LogP contribution in [-0.2, 0) is 22.7 Å². The van der Waals surface area contributed by atoms with E-state index in [1.165, 1.54) is 0 Å². The second-order valence-electron chi connectivity index (χ2n) is 5.55. The van der Waals surface area contributed by atoms with Crippen molar-refractivity contribution >= 4 is 18.3 Å². The standard InChI is InChI=1S/C16H24N2O2.ClH/c1-12-8-15(6-7-17-12)16(19)18-10-13-4-3-5-14(9-13)11-20-2;/h3-5,9,12,15,17H,6-8,10-11H2,1-2H3,(H,18,19);1H/t12-,15-;/m0./s1. The van der Waals surface area contributed by atoms with E-state index in [4.69, 9.17) is 4.74 Å². The van der Waals surface area contributed by atoms with E-state index in [2.05, 4.69) is 23.6 Å². The smallest absolute Gasteiger partial charge is 0.223 e. The van der Waals surface area contributed by atoms with Gasteiger partial charge < -0.3 is 15.4 Å². The topological polar surface area (TPSA) is 50.4 Å². The zero-order valence-electron chi connectivity index (χ0n) is 12.7. The highest BCUT2D eigenvalue weighted by Gasteiger charge is 2.24. The van der Waals surface area contributed by atoms with E-state index in [-0.39, 0.29) is 24.2 Å². The number of rotatable bonds is 5. The number of piperidine rings is 1. The maximum Gasteiger partial charge on any atom is 0.223 e. The fourth-order valence-electron chi connectivity index (χ4n) is 2.70. The highest BCUT2D eigenvalue weighted by atomic mass is 35.5. The van der Waals surface area contributed by atoms with Crippen molar-refractivity contribution in [3.63, 3.8) is 0 Å². The van der Waals surface area contributed by atoms with Crippen LogP contribution in [0.4, 0.5) is 0 Å². The summed E-state index contributed by atoms with van der Waals surface area (Å²) in [6.07, 6.45) is 1.86. The third kappa shape index (κ3) is 5.65. The minimum atomic E-state index is 0. The minimum Gasteiger partial charge on any atom is -0.380 e. The van der Waals surface area contributed by atoms with Gasteiger partial charge in [-0.3, -0.25) is 4.79 Å². The summed E-state index contributed by atoms with van der Waals surface area (Å²) in [6.45, 7) is 4.26. The largest absolute Gasteiger partial charge is 0.380 e. The molecule has 1 aromatic carbocycles. The number of benzene rings is 1. The summed E-state index contributed by atoms with van der Waals surface area (Å²) in [6, 6.07) is 8.58. The van der Waals surface area contributed by atoms with Crippen molar-refractivity contribution in [2.45, 2.75) is 39.0 Å². The highest BCUT2D eigenvalue weighted by Crippen LogP contribution is 2.16. The van der Waals surface area contributed by atoms with E-state index in [1.54, 1.807) is 7.11 Å². The summed E-state index contributed by atoms with van der Waals surface area (Å²) in [5.41, 5.74) is 2.25. The molecule has 0 radical (unpaired) electrons. The molecule has 1 saturated heterocycles. The Morgan fingerprint density at radius 1 is 1.43 bits per heavy atom. The van der Waals surface area contributed by atoms with E-state index in [9.17, 15) is 4.79 Å². The molecule has 5 heteroatoms. The van der Waals surface area contributed by atoms with Crippen molar-refractivity contribution in [1.82, 2.24) is 10.6 Å². The predicted octanol–water partition coefficient (Wildman–Crippen LogP) is 2.26. The number of methoxy groups -OCH3 is 1. The summed E-state index contributed by atoms with van der Waals surface area (Å²) in [5.74, 6) is 0.323. The van der Waals surface area contributed by atoms with Gasteiger partial charge in [-0.2, -0.15) is 0 Å². The summed E-state index contributed by atoms with van der Waals surface area (Å²) in [5, 5.41) is 6.42. The van der Waals surface area contributed by atoms with Gasteiger partial charge in [-0.15, -0.1) is 12.4 Å². The third-order valence-corrected chi connectivity index (χ3v) is 3.76. The van der Waals surface area contributed by atoms with Gasteiger partial charge in [0.15, 0.2) is 0 Å². The van der Waals surface area contributed by atoms with Crippen molar-refractivity contribution in [2.75, 3.05) is 13.7 Å². The van der Waals surface area contributed by atoms with Gasteiger partial charge in [-0.1, -0.05) is 24.3 Å². The van der Waals surface area contributed by atoms with Gasteiger partial charge in [-0.25, -0.2) is 0 Å². The van der Waals surface area contributed by atoms with Crippen LogP contribution in [0.2, 0.25) is 0 Å². The van der Waals surface area contributed by atoms with Crippen molar-refractivity contribution in [2.24, 2.45) is 5.92 Å². The lowest BCUT2D eigenvalue weighted by atomic mass is 9.92. The monoisotopic (exact) mass is 312 g/mol. The van der Waals surface area contributed by atoms with Crippen molar-refractivity contribution in [3.8, 4) is 0 Å². The average Bonchev–Trinajstić information content (AvgIpc) is 2.45. The Kier molecular flexibility index (Phi) is 7.72. The first-order valence-electron chi connectivity index (χ1n) is 7.27. The molecular weight excluding hydrogens is 288 g/mol. The fraction of sp³-hybridized carbons (Fsp3) is 0.562. The van der Waals surface area contributed by atoms with Crippen LogP contribution in [-0.4, -0.2) is 25.6 Å². The molecule has 21 heavy (non-hydrogen) atoms. The molecule has 0 spiro atoms. The Hall–Kier alpha value is -1.10. The van der Waals surface area contributed by atoms with E-state index < -0.39 is 0 Å². The van der Waals surface area contributed by atoms with Crippen LogP contribution >= 0.6 is 12.4 Å². The van der Waals surface area contributed by atoms with Gasteiger partial charge in [0.2, 0.25) is 5.91 Å². The van der Waals surface area contributed by atoms with Crippen LogP contribution in [0.15, 0.2) is 24.3 Å². The third-order valence-electron chi connectivity index (χ3n) is 3.76. The highest BCUT2D eigenvalue weighted by molar-refractivity contribution is 5.85. The zero-order chi connectivity index (χ0) is 14.4. The summed E-state index contributed by atoms with van der Waals surface area (Å²) >= 11 is 0. The lowest BCUT2D eigenvalue weighted by Gasteiger charge is -2.27. The van der Waals surface area contributed by atoms with Crippen LogP contribution in [0.5, 0.6) is 0 Å². The maximum atomic E-state index is 12.2. The quantitative estimate of drug-likeness (QED) is 0.877. The number of nitrogens with one attached hydrogen (secondary N) is 2. The summed E-state index contributed by atoms with van der Waals surface area (Å²) < 4.78 is 5.12. The summed E-state index contributed by atoms with van der Waals surface area (Å²) in [4.78, 5) is 12.2. The van der Waals surface area contributed by atoms with E-state index in [0.717, 1.165) is 30.5 Å². The lowest BCUT2D eigenvalue weighted by molar-refractivity contribution is -0.126. The Balaban J connectivity index is 0.00000220. The van der Waals surface area contributed by atoms with Crippen LogP contribution < -0.4 is 10.6 Å². The lowest BCUT2D eigenvalue weighted by Crippen LogP contribution is -2.42. The Labute approximate surface area is 133 Å². The first-order valence-corrected chi connectivity index (χ1v) is 7.27. The molecule has 0 saturated carbocycles. The molecule has 1 aliphatic heterocycles. The average molecular weight is 313 g/mol. The van der Waals surface area contributed by atoms with Gasteiger partial charge in [0, 0.05) is 25.6 Å². The molecule has 1 heterocycles. The van der Waals surface area contributed by atoms with Crippen molar-refractivity contribution in [1.29, 1.82) is 0 Å². The Bertz CT molecular complexity index is 454. The first-order chi connectivity index (χ1) is 9.69. The number of ether oxygens (including phenoxy) is 1. The van der Waals surface area contributed by atoms with Crippen LogP contribution in [0.1, 0.15) is 30.9 Å². The van der Waals surface area contributed by atoms with Crippen molar-refractivity contribution < 1.29 is 9.53 Å². The van der Waals surface area contributed by atoms with Crippen LogP contribution in [0, 0.1) is 5.92 Å². The molecule has 1 aromatic rings. The second-order valence-corrected chi connectivity index (χ2v) is 5.55. The minimum absolute atomic E-state index is 0. The molecule has 1 amide bonds. The van der Waals surface area contributed by atoms with E-state index in [0.29, 0.717) is 19.2 Å². The van der Waals surface area contributed by atoms with Gasteiger partial charge in [0.1, 0.15) is 0 Å². The van der Waals surface area contributed by atoms with Crippen LogP contribution in [0.3, 0.4) is 0 Å². The Morgan fingerprint density at radius 3 is 2.90 bits per heavy atom. The summed E-state index contributed by atoms with van der Waals surface area (Å²) in [7, 11) is 1.69. The number of carbonyl (C=O) groups is 1. The molecule has 118 valence electrons. The molecule has 4 nitrogen and oxygen atoms in total. The number of halogens is 1. The van der Waals surface area contributed by atoms with E-state index in [1.807, 2.05) is 18.2 Å².